The first-order valence-electron chi connectivity index (χ1n) is 5.29. The number of nitrogens with one attached hydrogen (secondary N) is 1. The van der Waals surface area contributed by atoms with Gasteiger partial charge in [0.15, 0.2) is 12.4 Å². The first kappa shape index (κ1) is 13.8. The van der Waals surface area contributed by atoms with Crippen LogP contribution in [0, 0.1) is 0 Å². The molecule has 0 bridgehead atoms. The summed E-state index contributed by atoms with van der Waals surface area (Å²) in [7, 11) is 0. The van der Waals surface area contributed by atoms with Crippen LogP contribution in [0.2, 0.25) is 5.02 Å². The number of rotatable bonds is 4. The number of hydrogen-bond acceptors (Lipinski definition) is 4. The van der Waals surface area contributed by atoms with E-state index in [0.29, 0.717) is 21.2 Å². The van der Waals surface area contributed by atoms with Gasteiger partial charge in [-0.15, -0.1) is 0 Å². The van der Waals surface area contributed by atoms with Crippen LogP contribution >= 0.6 is 27.5 Å². The normalized spacial score (nSPS) is 10.0. The van der Waals surface area contributed by atoms with Crippen molar-refractivity contribution in [3.63, 3.8) is 0 Å². The molecule has 1 N–H and O–H groups in total. The van der Waals surface area contributed by atoms with Gasteiger partial charge in [-0.1, -0.05) is 17.7 Å². The largest absolute Gasteiger partial charge is 0.484 e. The second-order valence-corrected chi connectivity index (χ2v) is 4.77. The molecule has 98 valence electrons. The first-order chi connectivity index (χ1) is 9.13. The molecule has 0 spiro atoms. The molecule has 0 unspecified atom stereocenters. The SMILES string of the molecule is O=C(COc1cccc(Cl)c1)Nc1cnc(Br)cn1. The highest BCUT2D eigenvalue weighted by atomic mass is 79.9. The van der Waals surface area contributed by atoms with Gasteiger partial charge in [0.25, 0.3) is 5.91 Å². The number of halogens is 2. The van der Waals surface area contributed by atoms with Crippen LogP contribution in [0.1, 0.15) is 0 Å². The molecule has 2 aromatic rings. The number of carbonyl (C=O) groups is 1. The van der Waals surface area contributed by atoms with E-state index in [2.05, 4.69) is 31.2 Å². The van der Waals surface area contributed by atoms with Crippen LogP contribution in [-0.2, 0) is 4.79 Å². The average Bonchev–Trinajstić information content (AvgIpc) is 2.39. The van der Waals surface area contributed by atoms with E-state index in [9.17, 15) is 4.79 Å². The third kappa shape index (κ3) is 4.50. The van der Waals surface area contributed by atoms with Gasteiger partial charge in [0.2, 0.25) is 0 Å². The van der Waals surface area contributed by atoms with E-state index in [-0.39, 0.29) is 12.5 Å². The molecule has 0 aliphatic rings. The van der Waals surface area contributed by atoms with Crippen molar-refractivity contribution in [3.8, 4) is 5.75 Å². The predicted molar refractivity (Wildman–Crippen MR) is 75.3 cm³/mol. The van der Waals surface area contributed by atoms with Crippen molar-refractivity contribution in [1.29, 1.82) is 0 Å². The quantitative estimate of drug-likeness (QED) is 0.928. The Morgan fingerprint density at radius 3 is 2.89 bits per heavy atom. The van der Waals surface area contributed by atoms with Gasteiger partial charge in [0.1, 0.15) is 10.4 Å². The lowest BCUT2D eigenvalue weighted by Crippen LogP contribution is -2.20. The summed E-state index contributed by atoms with van der Waals surface area (Å²) in [6.45, 7) is -0.127. The second-order valence-electron chi connectivity index (χ2n) is 3.52. The molecule has 1 amide bonds. The summed E-state index contributed by atoms with van der Waals surface area (Å²) in [5, 5.41) is 3.12. The van der Waals surface area contributed by atoms with E-state index in [4.69, 9.17) is 16.3 Å². The zero-order valence-electron chi connectivity index (χ0n) is 9.64. The maximum atomic E-state index is 11.6. The molecule has 0 aliphatic carbocycles. The van der Waals surface area contributed by atoms with Crippen molar-refractivity contribution in [3.05, 3.63) is 46.3 Å². The fraction of sp³-hybridized carbons (Fsp3) is 0.0833. The minimum Gasteiger partial charge on any atom is -0.484 e. The minimum atomic E-state index is -0.323. The van der Waals surface area contributed by atoms with Crippen LogP contribution in [-0.4, -0.2) is 22.5 Å². The molecular weight excluding hydrogens is 334 g/mol. The van der Waals surface area contributed by atoms with Crippen molar-refractivity contribution in [1.82, 2.24) is 9.97 Å². The van der Waals surface area contributed by atoms with E-state index < -0.39 is 0 Å². The molecular formula is C12H9BrClN3O2. The zero-order chi connectivity index (χ0) is 13.7. The molecule has 1 heterocycles. The predicted octanol–water partition coefficient (Wildman–Crippen LogP) is 2.91. The number of nitrogens with zero attached hydrogens (tertiary/aromatic N) is 2. The lowest BCUT2D eigenvalue weighted by atomic mass is 10.3. The summed E-state index contributed by atoms with van der Waals surface area (Å²) < 4.78 is 5.89. The first-order valence-corrected chi connectivity index (χ1v) is 6.46. The van der Waals surface area contributed by atoms with Crippen LogP contribution in [0.3, 0.4) is 0 Å². The Morgan fingerprint density at radius 1 is 1.37 bits per heavy atom. The smallest absolute Gasteiger partial charge is 0.263 e. The van der Waals surface area contributed by atoms with Gasteiger partial charge in [-0.05, 0) is 34.1 Å². The van der Waals surface area contributed by atoms with Gasteiger partial charge in [-0.2, -0.15) is 0 Å². The number of ether oxygens (including phenoxy) is 1. The summed E-state index contributed by atoms with van der Waals surface area (Å²) in [6.07, 6.45) is 2.94. The Bertz CT molecular complexity index is 577. The third-order valence-corrected chi connectivity index (χ3v) is 2.70. The molecule has 2 rings (SSSR count). The Hall–Kier alpha value is -1.66. The summed E-state index contributed by atoms with van der Waals surface area (Å²) in [5.74, 6) is 0.573. The number of benzene rings is 1. The Labute approximate surface area is 123 Å². The molecule has 7 heteroatoms. The summed E-state index contributed by atoms with van der Waals surface area (Å²) >= 11 is 8.96. The second kappa shape index (κ2) is 6.49. The fourth-order valence-corrected chi connectivity index (χ4v) is 1.65. The number of anilines is 1. The summed E-state index contributed by atoms with van der Waals surface area (Å²) in [6, 6.07) is 6.83. The number of carbonyl (C=O) groups excluding carboxylic acids is 1. The lowest BCUT2D eigenvalue weighted by molar-refractivity contribution is -0.118. The van der Waals surface area contributed by atoms with Gasteiger partial charge in [0.05, 0.1) is 12.4 Å². The van der Waals surface area contributed by atoms with Crippen LogP contribution in [0.25, 0.3) is 0 Å². The molecule has 0 aliphatic heterocycles. The molecule has 0 fully saturated rings. The van der Waals surface area contributed by atoms with E-state index in [1.165, 1.54) is 12.4 Å². The topological polar surface area (TPSA) is 64.1 Å². The van der Waals surface area contributed by atoms with Crippen molar-refractivity contribution >= 4 is 39.3 Å². The molecule has 19 heavy (non-hydrogen) atoms. The zero-order valence-corrected chi connectivity index (χ0v) is 12.0. The third-order valence-electron chi connectivity index (χ3n) is 2.05. The molecule has 1 aromatic heterocycles. The standard InChI is InChI=1S/C12H9BrClN3O2/c13-10-5-16-11(6-15-10)17-12(18)7-19-9-3-1-2-8(14)4-9/h1-6H,7H2,(H,16,17,18). The van der Waals surface area contributed by atoms with E-state index in [0.717, 1.165) is 0 Å². The highest BCUT2D eigenvalue weighted by Gasteiger charge is 2.05. The molecule has 0 saturated heterocycles. The number of hydrogen-bond donors (Lipinski definition) is 1. The van der Waals surface area contributed by atoms with Crippen molar-refractivity contribution in [2.75, 3.05) is 11.9 Å². The lowest BCUT2D eigenvalue weighted by Gasteiger charge is -2.06. The molecule has 0 radical (unpaired) electrons. The van der Waals surface area contributed by atoms with Gasteiger partial charge in [-0.3, -0.25) is 4.79 Å². The average molecular weight is 343 g/mol. The Morgan fingerprint density at radius 2 is 2.21 bits per heavy atom. The van der Waals surface area contributed by atoms with Gasteiger partial charge in [0, 0.05) is 5.02 Å². The fourth-order valence-electron chi connectivity index (χ4n) is 1.26. The molecule has 5 nitrogen and oxygen atoms in total. The highest BCUT2D eigenvalue weighted by Crippen LogP contribution is 2.17. The summed E-state index contributed by atoms with van der Waals surface area (Å²) in [5.41, 5.74) is 0. The van der Waals surface area contributed by atoms with Crippen LogP contribution in [0.15, 0.2) is 41.3 Å². The molecule has 0 atom stereocenters. The van der Waals surface area contributed by atoms with Crippen LogP contribution < -0.4 is 10.1 Å². The Balaban J connectivity index is 1.86. The minimum absolute atomic E-state index is 0.127. The van der Waals surface area contributed by atoms with Crippen molar-refractivity contribution < 1.29 is 9.53 Å². The number of amides is 1. The summed E-state index contributed by atoms with van der Waals surface area (Å²) in [4.78, 5) is 19.5. The van der Waals surface area contributed by atoms with Gasteiger partial charge < -0.3 is 10.1 Å². The van der Waals surface area contributed by atoms with Gasteiger partial charge >= 0.3 is 0 Å². The maximum absolute atomic E-state index is 11.6. The van der Waals surface area contributed by atoms with Crippen molar-refractivity contribution in [2.45, 2.75) is 0 Å². The highest BCUT2D eigenvalue weighted by molar-refractivity contribution is 9.10. The van der Waals surface area contributed by atoms with E-state index >= 15 is 0 Å². The monoisotopic (exact) mass is 341 g/mol. The van der Waals surface area contributed by atoms with Crippen LogP contribution in [0.5, 0.6) is 5.75 Å². The number of aromatic nitrogens is 2. The molecule has 1 aromatic carbocycles. The Kier molecular flexibility index (Phi) is 4.70. The molecule has 0 saturated carbocycles. The van der Waals surface area contributed by atoms with Crippen LogP contribution in [0.4, 0.5) is 5.82 Å². The van der Waals surface area contributed by atoms with E-state index in [1.54, 1.807) is 24.3 Å². The van der Waals surface area contributed by atoms with Crippen molar-refractivity contribution in [2.24, 2.45) is 0 Å². The van der Waals surface area contributed by atoms with E-state index in [1.807, 2.05) is 0 Å². The van der Waals surface area contributed by atoms with Gasteiger partial charge in [-0.25, -0.2) is 9.97 Å². The maximum Gasteiger partial charge on any atom is 0.263 e.